The molecule has 0 N–H and O–H groups in total. The van der Waals surface area contributed by atoms with Crippen LogP contribution in [0.5, 0.6) is 0 Å². The zero-order valence-electron chi connectivity index (χ0n) is 17.4. The van der Waals surface area contributed by atoms with E-state index in [1.165, 1.54) is 17.4 Å². The van der Waals surface area contributed by atoms with Gasteiger partial charge < -0.3 is 19.1 Å². The van der Waals surface area contributed by atoms with E-state index >= 15 is 0 Å². The fourth-order valence-corrected chi connectivity index (χ4v) is 5.01. The number of hydrogen-bond donors (Lipinski definition) is 0. The molecule has 5 rings (SSSR count). The predicted molar refractivity (Wildman–Crippen MR) is 108 cm³/mol. The van der Waals surface area contributed by atoms with Gasteiger partial charge in [-0.15, -0.1) is 0 Å². The highest BCUT2D eigenvalue weighted by molar-refractivity contribution is 5.93. The maximum Gasteiger partial charge on any atom is 0.230 e. The third-order valence-electron chi connectivity index (χ3n) is 6.68. The highest BCUT2D eigenvalue weighted by Crippen LogP contribution is 2.52. The largest absolute Gasteiger partial charge is 0.364 e. The Balaban J connectivity index is 1.36. The summed E-state index contributed by atoms with van der Waals surface area (Å²) in [6.45, 7) is 5.49. The van der Waals surface area contributed by atoms with Crippen LogP contribution in [0.1, 0.15) is 22.4 Å². The smallest absolute Gasteiger partial charge is 0.230 e. The van der Waals surface area contributed by atoms with Crippen molar-refractivity contribution >= 4 is 11.8 Å². The Morgan fingerprint density at radius 3 is 2.87 bits per heavy atom. The number of hydrogen-bond acceptors (Lipinski definition) is 5. The topological polar surface area (TPSA) is 75.9 Å². The van der Waals surface area contributed by atoms with Crippen LogP contribution in [-0.4, -0.2) is 52.1 Å². The first-order valence-electron chi connectivity index (χ1n) is 10.2. The number of benzene rings is 1. The van der Waals surface area contributed by atoms with Gasteiger partial charge in [-0.25, -0.2) is 0 Å². The molecule has 4 heterocycles. The van der Waals surface area contributed by atoms with Crippen LogP contribution in [0.15, 0.2) is 47.2 Å². The molecular weight excluding hydrogens is 382 g/mol. The van der Waals surface area contributed by atoms with Gasteiger partial charge in [-0.1, -0.05) is 35.5 Å². The molecule has 0 aliphatic carbocycles. The van der Waals surface area contributed by atoms with Crippen molar-refractivity contribution in [2.75, 3.05) is 13.6 Å². The zero-order valence-corrected chi connectivity index (χ0v) is 17.4. The zero-order chi connectivity index (χ0) is 21.0. The van der Waals surface area contributed by atoms with Gasteiger partial charge in [0.05, 0.1) is 31.0 Å². The van der Waals surface area contributed by atoms with E-state index in [-0.39, 0.29) is 17.9 Å². The number of carbonyl (C=O) groups excluding carboxylic acids is 2. The summed E-state index contributed by atoms with van der Waals surface area (Å²) in [5.74, 6) is -1.09. The summed E-state index contributed by atoms with van der Waals surface area (Å²) in [6.07, 6.45) is 5.06. The predicted octanol–water partition coefficient (Wildman–Crippen LogP) is 2.23. The van der Waals surface area contributed by atoms with E-state index in [2.05, 4.69) is 37.2 Å². The minimum atomic E-state index is -0.698. The lowest BCUT2D eigenvalue weighted by Crippen LogP contribution is -2.44. The molecule has 0 saturated carbocycles. The molecule has 1 spiro atoms. The van der Waals surface area contributed by atoms with Gasteiger partial charge in [-0.05, 0) is 30.5 Å². The van der Waals surface area contributed by atoms with Crippen molar-refractivity contribution in [1.82, 2.24) is 15.0 Å². The van der Waals surface area contributed by atoms with E-state index in [1.807, 2.05) is 17.1 Å². The fraction of sp³-hybridized carbons (Fsp3) is 0.435. The molecule has 2 unspecified atom stereocenters. The maximum absolute atomic E-state index is 13.4. The lowest BCUT2D eigenvalue weighted by Gasteiger charge is -2.27. The standard InChI is InChI=1S/C23H25N3O4/c1-14-4-5-16(10-15(14)2)11-26-13-23-8-6-18(30-23)19(20(23)22(26)28)21(27)25(3)12-17-7-9-29-24-17/h4-10,18-20H,11-13H2,1-3H3/t18-,19?,20?,23-/m1/s1. The summed E-state index contributed by atoms with van der Waals surface area (Å²) < 4.78 is 11.1. The average Bonchev–Trinajstić information content (AvgIpc) is 3.47. The SMILES string of the molecule is Cc1ccc(CN2C[C@@]34C=C[C@@H](O3)C(C(=O)N(C)Cc3ccon3)C4C2=O)cc1C. The number of nitrogens with zero attached hydrogens (tertiary/aromatic N) is 3. The minimum Gasteiger partial charge on any atom is -0.364 e. The molecule has 30 heavy (non-hydrogen) atoms. The van der Waals surface area contributed by atoms with E-state index in [0.29, 0.717) is 25.3 Å². The molecule has 1 aromatic heterocycles. The highest BCUT2D eigenvalue weighted by atomic mass is 16.5. The molecule has 3 aliphatic heterocycles. The molecule has 0 radical (unpaired) electrons. The van der Waals surface area contributed by atoms with Crippen molar-refractivity contribution in [1.29, 1.82) is 0 Å². The molecule has 2 amide bonds. The van der Waals surface area contributed by atoms with Crippen molar-refractivity contribution in [2.45, 2.75) is 38.6 Å². The first kappa shape index (κ1) is 19.1. The number of amides is 2. The van der Waals surface area contributed by atoms with E-state index < -0.39 is 17.4 Å². The third kappa shape index (κ3) is 2.88. The number of ether oxygens (including phenoxy) is 1. The Labute approximate surface area is 175 Å². The van der Waals surface area contributed by atoms with Gasteiger partial charge in [-0.3, -0.25) is 9.59 Å². The Morgan fingerprint density at radius 2 is 2.13 bits per heavy atom. The van der Waals surface area contributed by atoms with Gasteiger partial charge in [0.15, 0.2) is 0 Å². The summed E-state index contributed by atoms with van der Waals surface area (Å²) in [5, 5.41) is 3.88. The molecule has 2 aromatic rings. The summed E-state index contributed by atoms with van der Waals surface area (Å²) in [7, 11) is 1.73. The van der Waals surface area contributed by atoms with Crippen LogP contribution in [0.3, 0.4) is 0 Å². The van der Waals surface area contributed by atoms with E-state index in [0.717, 1.165) is 5.56 Å². The molecule has 2 fully saturated rings. The van der Waals surface area contributed by atoms with Gasteiger partial charge in [-0.2, -0.15) is 0 Å². The van der Waals surface area contributed by atoms with Crippen LogP contribution >= 0.6 is 0 Å². The molecule has 7 heteroatoms. The Bertz CT molecular complexity index is 1030. The molecule has 1 aromatic carbocycles. The molecule has 4 atom stereocenters. The third-order valence-corrected chi connectivity index (χ3v) is 6.68. The number of aryl methyl sites for hydroxylation is 2. The molecule has 156 valence electrons. The number of likely N-dealkylation sites (tertiary alicyclic amines) is 1. The van der Waals surface area contributed by atoms with Crippen LogP contribution < -0.4 is 0 Å². The van der Waals surface area contributed by atoms with Crippen LogP contribution in [0.2, 0.25) is 0 Å². The average molecular weight is 407 g/mol. The van der Waals surface area contributed by atoms with Crippen LogP contribution in [0.25, 0.3) is 0 Å². The van der Waals surface area contributed by atoms with Crippen LogP contribution in [0.4, 0.5) is 0 Å². The number of fused-ring (bicyclic) bond motifs is 1. The quantitative estimate of drug-likeness (QED) is 0.711. The monoisotopic (exact) mass is 407 g/mol. The molecule has 7 nitrogen and oxygen atoms in total. The molecule has 2 saturated heterocycles. The first-order valence-corrected chi connectivity index (χ1v) is 10.2. The lowest BCUT2D eigenvalue weighted by molar-refractivity contribution is -0.143. The Hall–Kier alpha value is -2.93. The Morgan fingerprint density at radius 1 is 1.30 bits per heavy atom. The fourth-order valence-electron chi connectivity index (χ4n) is 5.01. The summed E-state index contributed by atoms with van der Waals surface area (Å²) in [5.41, 5.74) is 3.50. The van der Waals surface area contributed by atoms with Crippen molar-refractivity contribution in [3.8, 4) is 0 Å². The van der Waals surface area contributed by atoms with Crippen LogP contribution in [-0.2, 0) is 27.4 Å². The van der Waals surface area contributed by atoms with Crippen molar-refractivity contribution in [3.05, 3.63) is 65.1 Å². The highest BCUT2D eigenvalue weighted by Gasteiger charge is 2.67. The van der Waals surface area contributed by atoms with E-state index in [1.54, 1.807) is 18.0 Å². The van der Waals surface area contributed by atoms with Gasteiger partial charge in [0.25, 0.3) is 0 Å². The summed E-state index contributed by atoms with van der Waals surface area (Å²) in [4.78, 5) is 30.1. The first-order chi connectivity index (χ1) is 14.4. The number of carbonyl (C=O) groups is 2. The summed E-state index contributed by atoms with van der Waals surface area (Å²) in [6, 6.07) is 7.99. The molecule has 3 aliphatic rings. The van der Waals surface area contributed by atoms with E-state index in [4.69, 9.17) is 9.26 Å². The summed E-state index contributed by atoms with van der Waals surface area (Å²) >= 11 is 0. The van der Waals surface area contributed by atoms with Gasteiger partial charge >= 0.3 is 0 Å². The second-order valence-corrected chi connectivity index (χ2v) is 8.70. The van der Waals surface area contributed by atoms with Crippen molar-refractivity contribution in [3.63, 3.8) is 0 Å². The minimum absolute atomic E-state index is 0.00624. The van der Waals surface area contributed by atoms with Crippen LogP contribution in [0, 0.1) is 25.7 Å². The lowest BCUT2D eigenvalue weighted by atomic mass is 9.76. The van der Waals surface area contributed by atoms with E-state index in [9.17, 15) is 9.59 Å². The number of aromatic nitrogens is 1. The molecule has 2 bridgehead atoms. The maximum atomic E-state index is 13.4. The van der Waals surface area contributed by atoms with Gasteiger partial charge in [0.1, 0.15) is 17.6 Å². The van der Waals surface area contributed by atoms with Crippen molar-refractivity contribution < 1.29 is 18.8 Å². The number of rotatable bonds is 5. The van der Waals surface area contributed by atoms with Gasteiger partial charge in [0, 0.05) is 19.7 Å². The van der Waals surface area contributed by atoms with Gasteiger partial charge in [0.2, 0.25) is 11.8 Å². The van der Waals surface area contributed by atoms with Crippen molar-refractivity contribution in [2.24, 2.45) is 11.8 Å². The second-order valence-electron chi connectivity index (χ2n) is 8.70. The normalized spacial score (nSPS) is 29.0. The molecular formula is C23H25N3O4. The Kier molecular flexibility index (Phi) is 4.32. The second kappa shape index (κ2) is 6.80.